The first-order valence-corrected chi connectivity index (χ1v) is 14.8. The molecule has 0 unspecified atom stereocenters. The summed E-state index contributed by atoms with van der Waals surface area (Å²) in [6, 6.07) is 38.6. The van der Waals surface area contributed by atoms with Crippen LogP contribution >= 0.6 is 15.9 Å². The first kappa shape index (κ1) is 30.3. The minimum absolute atomic E-state index is 0.105. The van der Waals surface area contributed by atoms with Gasteiger partial charge in [-0.25, -0.2) is 4.79 Å². The maximum absolute atomic E-state index is 13.3. The maximum Gasteiger partial charge on any atom is 0.326 e. The van der Waals surface area contributed by atoms with Crippen LogP contribution in [0.2, 0.25) is 0 Å². The van der Waals surface area contributed by atoms with Crippen LogP contribution < -0.4 is 14.8 Å². The van der Waals surface area contributed by atoms with E-state index in [1.54, 1.807) is 18.2 Å². The van der Waals surface area contributed by atoms with E-state index in [1.165, 1.54) is 0 Å². The predicted molar refractivity (Wildman–Crippen MR) is 176 cm³/mol. The lowest BCUT2D eigenvalue weighted by atomic mass is 9.99. The average Bonchev–Trinajstić information content (AvgIpc) is 3.05. The minimum atomic E-state index is -1.15. The summed E-state index contributed by atoms with van der Waals surface area (Å²) < 4.78 is 12.6. The van der Waals surface area contributed by atoms with E-state index in [0.717, 1.165) is 28.0 Å². The third kappa shape index (κ3) is 8.24. The number of ether oxygens (including phenoxy) is 2. The number of benzene rings is 5. The number of para-hydroxylation sites is 2. The summed E-state index contributed by atoms with van der Waals surface area (Å²) in [5.74, 6) is 0.133. The molecule has 1 atom stereocenters. The number of carbonyl (C=O) groups is 2. The normalized spacial score (nSPS) is 11.6. The van der Waals surface area contributed by atoms with E-state index in [2.05, 4.69) is 21.2 Å². The topological polar surface area (TPSA) is 84.9 Å². The SMILES string of the molecule is O=C(N[C@@H](Cc1ccc(-c2ccccc2Oc2ccccc2)cc1)C(=O)O)c1cc(Br)ccc1OC/C=C/c1ccccc1. The highest BCUT2D eigenvalue weighted by molar-refractivity contribution is 9.10. The highest BCUT2D eigenvalue weighted by Gasteiger charge is 2.23. The van der Waals surface area contributed by atoms with E-state index in [9.17, 15) is 14.7 Å². The predicted octanol–water partition coefficient (Wildman–Crippen LogP) is 8.43. The van der Waals surface area contributed by atoms with Crippen molar-refractivity contribution in [1.82, 2.24) is 5.32 Å². The van der Waals surface area contributed by atoms with Crippen LogP contribution in [0.25, 0.3) is 17.2 Å². The van der Waals surface area contributed by atoms with Gasteiger partial charge in [0.25, 0.3) is 5.91 Å². The second-order valence-corrected chi connectivity index (χ2v) is 10.9. The number of aliphatic carboxylic acids is 1. The number of hydrogen-bond acceptors (Lipinski definition) is 4. The molecule has 0 aliphatic carbocycles. The van der Waals surface area contributed by atoms with Crippen LogP contribution in [0, 0.1) is 0 Å². The lowest BCUT2D eigenvalue weighted by molar-refractivity contribution is -0.139. The smallest absolute Gasteiger partial charge is 0.326 e. The quantitative estimate of drug-likeness (QED) is 0.142. The number of nitrogens with one attached hydrogen (secondary N) is 1. The summed E-state index contributed by atoms with van der Waals surface area (Å²) in [5, 5.41) is 12.6. The van der Waals surface area contributed by atoms with Gasteiger partial charge in [0.05, 0.1) is 5.56 Å². The third-order valence-corrected chi connectivity index (χ3v) is 7.29. The molecule has 44 heavy (non-hydrogen) atoms. The number of hydrogen-bond donors (Lipinski definition) is 2. The Hall–Kier alpha value is -5.14. The molecule has 0 bridgehead atoms. The Morgan fingerprint density at radius 1 is 0.795 bits per heavy atom. The largest absolute Gasteiger partial charge is 0.489 e. The molecule has 0 heterocycles. The number of carboxylic acid groups (broad SMARTS) is 1. The molecule has 5 aromatic rings. The van der Waals surface area contributed by atoms with Gasteiger partial charge in [-0.3, -0.25) is 4.79 Å². The molecule has 6 nitrogen and oxygen atoms in total. The highest BCUT2D eigenvalue weighted by Crippen LogP contribution is 2.33. The van der Waals surface area contributed by atoms with Gasteiger partial charge in [0.1, 0.15) is 29.9 Å². The van der Waals surface area contributed by atoms with Gasteiger partial charge in [-0.15, -0.1) is 0 Å². The number of carboxylic acids is 1. The molecule has 0 saturated carbocycles. The number of halogens is 1. The van der Waals surface area contributed by atoms with Gasteiger partial charge in [-0.2, -0.15) is 0 Å². The zero-order chi connectivity index (χ0) is 30.7. The molecular formula is C37H30BrNO5. The van der Waals surface area contributed by atoms with Crippen molar-refractivity contribution in [1.29, 1.82) is 0 Å². The van der Waals surface area contributed by atoms with E-state index in [1.807, 2.05) is 121 Å². The molecule has 0 fully saturated rings. The van der Waals surface area contributed by atoms with Crippen LogP contribution in [0.3, 0.4) is 0 Å². The van der Waals surface area contributed by atoms with Crippen molar-refractivity contribution in [2.45, 2.75) is 12.5 Å². The van der Waals surface area contributed by atoms with Crippen LogP contribution in [0.4, 0.5) is 0 Å². The van der Waals surface area contributed by atoms with Gasteiger partial charge in [-0.05, 0) is 59.2 Å². The molecule has 220 valence electrons. The summed E-state index contributed by atoms with van der Waals surface area (Å²) in [6.07, 6.45) is 3.89. The molecule has 1 amide bonds. The fourth-order valence-corrected chi connectivity index (χ4v) is 4.95. The molecular weight excluding hydrogens is 618 g/mol. The molecule has 0 radical (unpaired) electrons. The summed E-state index contributed by atoms with van der Waals surface area (Å²) >= 11 is 3.40. The summed E-state index contributed by atoms with van der Waals surface area (Å²) in [6.45, 7) is 0.241. The lowest BCUT2D eigenvalue weighted by Gasteiger charge is -2.17. The number of rotatable bonds is 12. The van der Waals surface area contributed by atoms with Crippen molar-refractivity contribution >= 4 is 33.9 Å². The van der Waals surface area contributed by atoms with Crippen LogP contribution in [-0.2, 0) is 11.2 Å². The first-order chi connectivity index (χ1) is 21.5. The Balaban J connectivity index is 1.26. The lowest BCUT2D eigenvalue weighted by Crippen LogP contribution is -2.42. The zero-order valence-electron chi connectivity index (χ0n) is 23.7. The number of carbonyl (C=O) groups excluding carboxylic acids is 1. The Morgan fingerprint density at radius 3 is 2.20 bits per heavy atom. The zero-order valence-corrected chi connectivity index (χ0v) is 25.3. The fourth-order valence-electron chi connectivity index (χ4n) is 4.59. The number of amides is 1. The van der Waals surface area contributed by atoms with Crippen molar-refractivity contribution in [3.8, 4) is 28.4 Å². The first-order valence-electron chi connectivity index (χ1n) is 14.0. The van der Waals surface area contributed by atoms with Crippen molar-refractivity contribution in [3.63, 3.8) is 0 Å². The third-order valence-electron chi connectivity index (χ3n) is 6.80. The Labute approximate surface area is 264 Å². The summed E-state index contributed by atoms with van der Waals surface area (Å²) in [7, 11) is 0. The highest BCUT2D eigenvalue weighted by atomic mass is 79.9. The Morgan fingerprint density at radius 2 is 1.48 bits per heavy atom. The Bertz CT molecular complexity index is 1740. The van der Waals surface area contributed by atoms with Crippen molar-refractivity contribution in [2.75, 3.05) is 6.61 Å². The van der Waals surface area contributed by atoms with Crippen LogP contribution in [0.5, 0.6) is 17.2 Å². The Kier molecular flexibility index (Phi) is 10.2. The van der Waals surface area contributed by atoms with E-state index < -0.39 is 17.9 Å². The van der Waals surface area contributed by atoms with Gasteiger partial charge < -0.3 is 19.9 Å². The molecule has 7 heteroatoms. The van der Waals surface area contributed by atoms with E-state index in [-0.39, 0.29) is 18.6 Å². The molecule has 0 aliphatic heterocycles. The van der Waals surface area contributed by atoms with Gasteiger partial charge in [-0.1, -0.05) is 113 Å². The van der Waals surface area contributed by atoms with Crippen LogP contribution in [-0.4, -0.2) is 29.6 Å². The maximum atomic E-state index is 13.3. The molecule has 2 N–H and O–H groups in total. The van der Waals surface area contributed by atoms with E-state index in [4.69, 9.17) is 9.47 Å². The van der Waals surface area contributed by atoms with Crippen molar-refractivity contribution in [3.05, 3.63) is 155 Å². The monoisotopic (exact) mass is 647 g/mol. The van der Waals surface area contributed by atoms with Crippen LogP contribution in [0.15, 0.2) is 138 Å². The molecule has 5 aromatic carbocycles. The molecule has 0 saturated heterocycles. The standard InChI is InChI=1S/C37H30BrNO5/c38-29-21-22-34(43-23-9-12-26-10-3-1-4-11-26)32(25-29)36(40)39-33(37(41)42)24-27-17-19-28(20-18-27)31-15-7-8-16-35(31)44-30-13-5-2-6-14-30/h1-22,25,33H,23-24H2,(H,39,40)(H,41,42)/b12-9+/t33-/m0/s1. The molecule has 5 rings (SSSR count). The second kappa shape index (κ2) is 14.8. The van der Waals surface area contributed by atoms with E-state index in [0.29, 0.717) is 16.0 Å². The summed E-state index contributed by atoms with van der Waals surface area (Å²) in [5.41, 5.74) is 3.87. The second-order valence-electron chi connectivity index (χ2n) is 9.94. The van der Waals surface area contributed by atoms with Crippen LogP contribution in [0.1, 0.15) is 21.5 Å². The molecule has 0 aliphatic rings. The van der Waals surface area contributed by atoms with Crippen molar-refractivity contribution in [2.24, 2.45) is 0 Å². The molecule has 0 aromatic heterocycles. The van der Waals surface area contributed by atoms with Gasteiger partial charge in [0.15, 0.2) is 0 Å². The average molecular weight is 649 g/mol. The van der Waals surface area contributed by atoms with Gasteiger partial charge in [0.2, 0.25) is 0 Å². The minimum Gasteiger partial charge on any atom is -0.489 e. The van der Waals surface area contributed by atoms with Gasteiger partial charge >= 0.3 is 5.97 Å². The van der Waals surface area contributed by atoms with E-state index >= 15 is 0 Å². The van der Waals surface area contributed by atoms with Crippen molar-refractivity contribution < 1.29 is 24.2 Å². The molecule has 0 spiro atoms. The summed E-state index contributed by atoms with van der Waals surface area (Å²) in [4.78, 5) is 25.5. The van der Waals surface area contributed by atoms with Gasteiger partial charge in [0, 0.05) is 16.5 Å². The fraction of sp³-hybridized carbons (Fsp3) is 0.0811.